The normalized spacial score (nSPS) is 10.6. The molecule has 124 valence electrons. The quantitative estimate of drug-likeness (QED) is 0.639. The Kier molecular flexibility index (Phi) is 4.42. The van der Waals surface area contributed by atoms with Crippen LogP contribution in [0.5, 0.6) is 17.2 Å². The Morgan fingerprint density at radius 3 is 2.58 bits per heavy atom. The number of furan rings is 1. The lowest BCUT2D eigenvalue weighted by molar-refractivity contribution is 0.101. The lowest BCUT2D eigenvalue weighted by atomic mass is 10.1. The second-order valence-electron chi connectivity index (χ2n) is 5.11. The van der Waals surface area contributed by atoms with Gasteiger partial charge in [0, 0.05) is 5.39 Å². The highest BCUT2D eigenvalue weighted by Gasteiger charge is 2.20. The van der Waals surface area contributed by atoms with Crippen LogP contribution in [-0.4, -0.2) is 26.6 Å². The fourth-order valence-electron chi connectivity index (χ4n) is 2.54. The summed E-state index contributed by atoms with van der Waals surface area (Å²) in [6.45, 7) is 2.42. The smallest absolute Gasteiger partial charge is 0.232 e. The molecule has 0 radical (unpaired) electrons. The molecule has 0 aliphatic carbocycles. The van der Waals surface area contributed by atoms with Crippen LogP contribution in [0, 0.1) is 0 Å². The van der Waals surface area contributed by atoms with E-state index in [4.69, 9.17) is 18.6 Å². The zero-order valence-electron chi connectivity index (χ0n) is 13.8. The summed E-state index contributed by atoms with van der Waals surface area (Å²) in [5, 5.41) is 0.811. The third-order valence-corrected chi connectivity index (χ3v) is 3.68. The van der Waals surface area contributed by atoms with Crippen molar-refractivity contribution in [3.8, 4) is 17.2 Å². The van der Waals surface area contributed by atoms with Gasteiger partial charge < -0.3 is 18.6 Å². The van der Waals surface area contributed by atoms with E-state index in [9.17, 15) is 4.79 Å². The molecule has 3 aromatic rings. The predicted octanol–water partition coefficient (Wildman–Crippen LogP) is 4.08. The van der Waals surface area contributed by atoms with Gasteiger partial charge in [0.25, 0.3) is 0 Å². The summed E-state index contributed by atoms with van der Waals surface area (Å²) in [4.78, 5) is 12.9. The van der Waals surface area contributed by atoms with Crippen molar-refractivity contribution in [3.63, 3.8) is 0 Å². The Hall–Kier alpha value is -2.95. The van der Waals surface area contributed by atoms with Crippen molar-refractivity contribution in [1.82, 2.24) is 0 Å². The van der Waals surface area contributed by atoms with Gasteiger partial charge in [-0.05, 0) is 37.3 Å². The summed E-state index contributed by atoms with van der Waals surface area (Å²) < 4.78 is 21.8. The summed E-state index contributed by atoms with van der Waals surface area (Å²) in [6, 6.07) is 12.3. The van der Waals surface area contributed by atoms with Gasteiger partial charge in [-0.3, -0.25) is 4.79 Å². The third-order valence-electron chi connectivity index (χ3n) is 3.68. The summed E-state index contributed by atoms with van der Waals surface area (Å²) in [7, 11) is 3.07. The number of para-hydroxylation sites is 1. The monoisotopic (exact) mass is 326 g/mol. The fraction of sp³-hybridized carbons (Fsp3) is 0.211. The maximum Gasteiger partial charge on any atom is 0.232 e. The Morgan fingerprint density at radius 2 is 1.88 bits per heavy atom. The first-order valence-corrected chi connectivity index (χ1v) is 7.60. The van der Waals surface area contributed by atoms with Gasteiger partial charge in [0.1, 0.15) is 11.5 Å². The van der Waals surface area contributed by atoms with Crippen molar-refractivity contribution < 1.29 is 23.4 Å². The first-order chi connectivity index (χ1) is 11.7. The van der Waals surface area contributed by atoms with Crippen molar-refractivity contribution in [2.45, 2.75) is 6.92 Å². The predicted molar refractivity (Wildman–Crippen MR) is 90.4 cm³/mol. The van der Waals surface area contributed by atoms with Crippen LogP contribution in [0.3, 0.4) is 0 Å². The topological polar surface area (TPSA) is 57.9 Å². The third kappa shape index (κ3) is 2.80. The van der Waals surface area contributed by atoms with E-state index in [1.807, 2.05) is 25.1 Å². The molecule has 2 aromatic carbocycles. The average molecular weight is 326 g/mol. The van der Waals surface area contributed by atoms with Crippen LogP contribution >= 0.6 is 0 Å². The van der Waals surface area contributed by atoms with Gasteiger partial charge in [-0.15, -0.1) is 0 Å². The van der Waals surface area contributed by atoms with E-state index in [1.165, 1.54) is 7.11 Å². The summed E-state index contributed by atoms with van der Waals surface area (Å²) in [5.74, 6) is 1.61. The first kappa shape index (κ1) is 15.9. The molecular formula is C19H18O5. The zero-order chi connectivity index (χ0) is 17.1. The van der Waals surface area contributed by atoms with Gasteiger partial charge >= 0.3 is 0 Å². The molecule has 24 heavy (non-hydrogen) atoms. The van der Waals surface area contributed by atoms with E-state index in [-0.39, 0.29) is 11.5 Å². The number of benzene rings is 2. The minimum Gasteiger partial charge on any atom is -0.497 e. The first-order valence-electron chi connectivity index (χ1n) is 7.60. The van der Waals surface area contributed by atoms with E-state index in [1.54, 1.807) is 31.4 Å². The van der Waals surface area contributed by atoms with Crippen molar-refractivity contribution in [2.24, 2.45) is 0 Å². The minimum absolute atomic E-state index is 0.226. The van der Waals surface area contributed by atoms with E-state index < -0.39 is 0 Å². The summed E-state index contributed by atoms with van der Waals surface area (Å²) in [6.07, 6.45) is 0. The Morgan fingerprint density at radius 1 is 1.04 bits per heavy atom. The molecule has 5 heteroatoms. The lowest BCUT2D eigenvalue weighted by Gasteiger charge is -2.08. The largest absolute Gasteiger partial charge is 0.497 e. The molecule has 0 saturated heterocycles. The maximum absolute atomic E-state index is 12.9. The molecule has 0 bridgehead atoms. The highest BCUT2D eigenvalue weighted by molar-refractivity contribution is 6.11. The summed E-state index contributed by atoms with van der Waals surface area (Å²) >= 11 is 0. The Labute approximate surface area is 139 Å². The van der Waals surface area contributed by atoms with Crippen LogP contribution in [-0.2, 0) is 0 Å². The van der Waals surface area contributed by atoms with Crippen LogP contribution in [0.25, 0.3) is 11.0 Å². The number of methoxy groups -OCH3 is 2. The number of ketones is 1. The highest BCUT2D eigenvalue weighted by atomic mass is 16.5. The molecule has 0 saturated carbocycles. The van der Waals surface area contributed by atoms with Gasteiger partial charge in [0.2, 0.25) is 5.78 Å². The average Bonchev–Trinajstić information content (AvgIpc) is 3.06. The number of fused-ring (bicyclic) bond motifs is 1. The molecule has 0 spiro atoms. The van der Waals surface area contributed by atoms with Gasteiger partial charge in [-0.1, -0.05) is 12.1 Å². The number of carbonyl (C=O) groups is 1. The second kappa shape index (κ2) is 6.66. The molecule has 0 N–H and O–H groups in total. The number of hydrogen-bond donors (Lipinski definition) is 0. The molecule has 0 aliphatic heterocycles. The molecule has 1 heterocycles. The standard InChI is InChI=1S/C19H18O5/c1-4-23-16-7-5-6-12-10-17(24-19(12)16)18(20)14-11-13(21-2)8-9-15(14)22-3/h5-11H,4H2,1-3H3. The summed E-state index contributed by atoms with van der Waals surface area (Å²) in [5.41, 5.74) is 0.943. The van der Waals surface area contributed by atoms with Crippen LogP contribution in [0.15, 0.2) is 46.9 Å². The molecule has 0 fully saturated rings. The van der Waals surface area contributed by atoms with Crippen molar-refractivity contribution in [1.29, 1.82) is 0 Å². The van der Waals surface area contributed by atoms with Gasteiger partial charge in [0.15, 0.2) is 17.1 Å². The van der Waals surface area contributed by atoms with E-state index in [2.05, 4.69) is 0 Å². The van der Waals surface area contributed by atoms with E-state index in [0.29, 0.717) is 35.0 Å². The molecular weight excluding hydrogens is 308 g/mol. The van der Waals surface area contributed by atoms with Crippen LogP contribution in [0.1, 0.15) is 23.0 Å². The Balaban J connectivity index is 2.07. The van der Waals surface area contributed by atoms with E-state index >= 15 is 0 Å². The van der Waals surface area contributed by atoms with Crippen molar-refractivity contribution in [3.05, 3.63) is 53.8 Å². The number of carbonyl (C=O) groups excluding carboxylic acids is 1. The van der Waals surface area contributed by atoms with Gasteiger partial charge in [-0.2, -0.15) is 0 Å². The maximum atomic E-state index is 12.9. The molecule has 0 unspecified atom stereocenters. The molecule has 0 atom stereocenters. The molecule has 5 nitrogen and oxygen atoms in total. The van der Waals surface area contributed by atoms with Crippen LogP contribution < -0.4 is 14.2 Å². The van der Waals surface area contributed by atoms with Crippen molar-refractivity contribution in [2.75, 3.05) is 20.8 Å². The lowest BCUT2D eigenvalue weighted by Crippen LogP contribution is -2.03. The molecule has 3 rings (SSSR count). The minimum atomic E-state index is -0.274. The number of rotatable bonds is 6. The van der Waals surface area contributed by atoms with Crippen LogP contribution in [0.4, 0.5) is 0 Å². The SMILES string of the molecule is CCOc1cccc2cc(C(=O)c3cc(OC)ccc3OC)oc12. The highest BCUT2D eigenvalue weighted by Crippen LogP contribution is 2.32. The van der Waals surface area contributed by atoms with E-state index in [0.717, 1.165) is 5.39 Å². The molecule has 0 amide bonds. The van der Waals surface area contributed by atoms with Gasteiger partial charge in [-0.25, -0.2) is 0 Å². The Bertz CT molecular complexity index is 879. The fourth-order valence-corrected chi connectivity index (χ4v) is 2.54. The molecule has 0 aliphatic rings. The van der Waals surface area contributed by atoms with Crippen LogP contribution in [0.2, 0.25) is 0 Å². The van der Waals surface area contributed by atoms with Gasteiger partial charge in [0.05, 0.1) is 26.4 Å². The molecule has 1 aromatic heterocycles. The number of ether oxygens (including phenoxy) is 3. The zero-order valence-corrected chi connectivity index (χ0v) is 13.8. The number of hydrogen-bond acceptors (Lipinski definition) is 5. The second-order valence-corrected chi connectivity index (χ2v) is 5.11. The van der Waals surface area contributed by atoms with Crippen molar-refractivity contribution >= 4 is 16.8 Å².